The average Bonchev–Trinajstić information content (AvgIpc) is 3.17. The monoisotopic (exact) mass is 335 g/mol. The van der Waals surface area contributed by atoms with Crippen LogP contribution < -0.4 is 0 Å². The number of carbonyl (C=O) groups excluding carboxylic acids is 1. The summed E-state index contributed by atoms with van der Waals surface area (Å²) in [4.78, 5) is 23.2. The predicted octanol–water partition coefficient (Wildman–Crippen LogP) is 3.45. The molecule has 0 radical (unpaired) electrons. The van der Waals surface area contributed by atoms with Gasteiger partial charge in [-0.05, 0) is 39.2 Å². The molecule has 0 unspecified atom stereocenters. The summed E-state index contributed by atoms with van der Waals surface area (Å²) in [5, 5.41) is 0. The Morgan fingerprint density at radius 1 is 1.17 bits per heavy atom. The third kappa shape index (κ3) is 3.94. The van der Waals surface area contributed by atoms with E-state index in [1.165, 1.54) is 37.0 Å². The molecule has 0 N–H and O–H groups in total. The van der Waals surface area contributed by atoms with Crippen molar-refractivity contribution in [3.63, 3.8) is 0 Å². The van der Waals surface area contributed by atoms with Crippen molar-refractivity contribution in [2.24, 2.45) is 5.92 Å². The zero-order chi connectivity index (χ0) is 16.2. The highest BCUT2D eigenvalue weighted by atomic mass is 32.1. The molecule has 1 aliphatic carbocycles. The lowest BCUT2D eigenvalue weighted by Crippen LogP contribution is -2.44. The van der Waals surface area contributed by atoms with Gasteiger partial charge in [0.25, 0.3) is 0 Å². The van der Waals surface area contributed by atoms with Crippen LogP contribution in [0.2, 0.25) is 0 Å². The van der Waals surface area contributed by atoms with Crippen molar-refractivity contribution in [1.29, 1.82) is 0 Å². The fourth-order valence-electron chi connectivity index (χ4n) is 4.10. The van der Waals surface area contributed by atoms with Crippen LogP contribution in [0.4, 0.5) is 0 Å². The summed E-state index contributed by atoms with van der Waals surface area (Å²) in [6.07, 6.45) is 8.33. The molecule has 23 heavy (non-hydrogen) atoms. The first-order valence-electron chi connectivity index (χ1n) is 9.05. The molecule has 1 saturated heterocycles. The molecule has 2 aliphatic rings. The van der Waals surface area contributed by atoms with E-state index in [0.29, 0.717) is 11.9 Å². The van der Waals surface area contributed by atoms with E-state index in [-0.39, 0.29) is 5.92 Å². The molecule has 5 heteroatoms. The summed E-state index contributed by atoms with van der Waals surface area (Å²) in [7, 11) is 1.99. The summed E-state index contributed by atoms with van der Waals surface area (Å²) in [6, 6.07) is 0.421. The van der Waals surface area contributed by atoms with Gasteiger partial charge in [-0.15, -0.1) is 11.3 Å². The van der Waals surface area contributed by atoms with Crippen molar-refractivity contribution < 1.29 is 4.79 Å². The Morgan fingerprint density at radius 3 is 2.70 bits per heavy atom. The highest BCUT2D eigenvalue weighted by molar-refractivity contribution is 7.09. The van der Waals surface area contributed by atoms with Crippen LogP contribution in [0.1, 0.15) is 55.5 Å². The standard InChI is InChI=1S/C18H29N3OS/c1-14-17(23-13-19-14)12-21-11-6-4-3-5-10-20(2)18(22)15-8-7-9-16(15)21/h13,15-16H,3-12H2,1-2H3/t15-,16+/m1/s1. The van der Waals surface area contributed by atoms with Crippen molar-refractivity contribution in [2.45, 2.75) is 64.5 Å². The second-order valence-electron chi connectivity index (χ2n) is 7.11. The van der Waals surface area contributed by atoms with Crippen molar-refractivity contribution >= 4 is 17.2 Å². The van der Waals surface area contributed by atoms with Gasteiger partial charge >= 0.3 is 0 Å². The molecule has 4 nitrogen and oxygen atoms in total. The minimum atomic E-state index is 0.200. The van der Waals surface area contributed by atoms with Gasteiger partial charge in [0.1, 0.15) is 0 Å². The number of hydrogen-bond donors (Lipinski definition) is 0. The molecule has 1 amide bonds. The van der Waals surface area contributed by atoms with Crippen LogP contribution in [0.15, 0.2) is 5.51 Å². The van der Waals surface area contributed by atoms with Gasteiger partial charge in [-0.2, -0.15) is 0 Å². The third-order valence-corrected chi connectivity index (χ3v) is 6.44. The van der Waals surface area contributed by atoms with E-state index >= 15 is 0 Å². The highest BCUT2D eigenvalue weighted by Crippen LogP contribution is 2.33. The fraction of sp³-hybridized carbons (Fsp3) is 0.778. The first-order valence-corrected chi connectivity index (χ1v) is 9.93. The Morgan fingerprint density at radius 2 is 1.96 bits per heavy atom. The van der Waals surface area contributed by atoms with E-state index in [9.17, 15) is 4.79 Å². The number of thiazole rings is 1. The molecule has 2 fully saturated rings. The van der Waals surface area contributed by atoms with Gasteiger partial charge in [0, 0.05) is 31.1 Å². The Bertz CT molecular complexity index is 530. The van der Waals surface area contributed by atoms with Crippen LogP contribution >= 0.6 is 11.3 Å². The molecular formula is C18H29N3OS. The van der Waals surface area contributed by atoms with Crippen molar-refractivity contribution in [3.8, 4) is 0 Å². The summed E-state index contributed by atoms with van der Waals surface area (Å²) in [5.41, 5.74) is 3.10. The largest absolute Gasteiger partial charge is 0.345 e. The Kier molecular flexibility index (Phi) is 5.70. The lowest BCUT2D eigenvalue weighted by atomic mass is 9.99. The molecule has 0 spiro atoms. The summed E-state index contributed by atoms with van der Waals surface area (Å²) in [6.45, 7) is 5.11. The van der Waals surface area contributed by atoms with Crippen LogP contribution in [-0.2, 0) is 11.3 Å². The number of hydrogen-bond acceptors (Lipinski definition) is 4. The number of rotatable bonds is 2. The Hall–Kier alpha value is -0.940. The number of nitrogens with zero attached hydrogens (tertiary/aromatic N) is 3. The average molecular weight is 336 g/mol. The fourth-order valence-corrected chi connectivity index (χ4v) is 4.90. The molecule has 1 aliphatic heterocycles. The zero-order valence-electron chi connectivity index (χ0n) is 14.5. The van der Waals surface area contributed by atoms with Gasteiger partial charge in [-0.3, -0.25) is 9.69 Å². The summed E-state index contributed by atoms with van der Waals surface area (Å²) < 4.78 is 0. The van der Waals surface area contributed by atoms with E-state index in [4.69, 9.17) is 0 Å². The molecule has 128 valence electrons. The van der Waals surface area contributed by atoms with Crippen molar-refractivity contribution in [2.75, 3.05) is 20.1 Å². The minimum absolute atomic E-state index is 0.200. The van der Waals surface area contributed by atoms with Crippen LogP contribution in [-0.4, -0.2) is 46.9 Å². The lowest BCUT2D eigenvalue weighted by molar-refractivity contribution is -0.136. The third-order valence-electron chi connectivity index (χ3n) is 5.52. The van der Waals surface area contributed by atoms with Gasteiger partial charge in [-0.1, -0.05) is 19.3 Å². The van der Waals surface area contributed by atoms with Gasteiger partial charge in [0.2, 0.25) is 5.91 Å². The Balaban J connectivity index is 1.79. The van der Waals surface area contributed by atoms with E-state index < -0.39 is 0 Å². The van der Waals surface area contributed by atoms with Crippen molar-refractivity contribution in [3.05, 3.63) is 16.1 Å². The first-order chi connectivity index (χ1) is 11.2. The Labute approximate surface area is 143 Å². The van der Waals surface area contributed by atoms with Gasteiger partial charge in [0.05, 0.1) is 17.1 Å². The smallest absolute Gasteiger partial charge is 0.227 e. The molecule has 2 heterocycles. The number of amides is 1. The SMILES string of the molecule is Cc1ncsc1CN1CCCCCCN(C)C(=O)[C@@H]2CCC[C@@H]21. The molecular weight excluding hydrogens is 306 g/mol. The molecule has 0 bridgehead atoms. The number of aryl methyl sites for hydroxylation is 1. The maximum atomic E-state index is 12.9. The van der Waals surface area contributed by atoms with Gasteiger partial charge in [-0.25, -0.2) is 4.98 Å². The van der Waals surface area contributed by atoms with Gasteiger partial charge < -0.3 is 4.90 Å². The predicted molar refractivity (Wildman–Crippen MR) is 94.5 cm³/mol. The van der Waals surface area contributed by atoms with E-state index in [1.807, 2.05) is 17.5 Å². The molecule has 1 aromatic rings. The number of carbonyl (C=O) groups is 1. The second kappa shape index (κ2) is 7.75. The molecule has 1 aromatic heterocycles. The van der Waals surface area contributed by atoms with Gasteiger partial charge in [0.15, 0.2) is 0 Å². The lowest BCUT2D eigenvalue weighted by Gasteiger charge is -2.33. The van der Waals surface area contributed by atoms with Crippen molar-refractivity contribution in [1.82, 2.24) is 14.8 Å². The van der Waals surface area contributed by atoms with E-state index in [0.717, 1.165) is 38.2 Å². The maximum Gasteiger partial charge on any atom is 0.227 e. The molecule has 3 rings (SSSR count). The number of aromatic nitrogens is 1. The normalized spacial score (nSPS) is 27.7. The van der Waals surface area contributed by atoms with Crippen LogP contribution in [0, 0.1) is 12.8 Å². The second-order valence-corrected chi connectivity index (χ2v) is 8.05. The zero-order valence-corrected chi connectivity index (χ0v) is 15.3. The van der Waals surface area contributed by atoms with Crippen LogP contribution in [0.3, 0.4) is 0 Å². The minimum Gasteiger partial charge on any atom is -0.345 e. The molecule has 1 saturated carbocycles. The number of fused-ring (bicyclic) bond motifs is 1. The molecule has 2 atom stereocenters. The summed E-state index contributed by atoms with van der Waals surface area (Å²) >= 11 is 1.76. The van der Waals surface area contributed by atoms with Crippen LogP contribution in [0.5, 0.6) is 0 Å². The molecule has 0 aromatic carbocycles. The van der Waals surface area contributed by atoms with Crippen LogP contribution in [0.25, 0.3) is 0 Å². The maximum absolute atomic E-state index is 12.9. The van der Waals surface area contributed by atoms with E-state index in [2.05, 4.69) is 16.8 Å². The quantitative estimate of drug-likeness (QED) is 0.830. The summed E-state index contributed by atoms with van der Waals surface area (Å²) in [5.74, 6) is 0.576. The van der Waals surface area contributed by atoms with E-state index in [1.54, 1.807) is 11.3 Å². The highest BCUT2D eigenvalue weighted by Gasteiger charge is 2.38. The topological polar surface area (TPSA) is 36.4 Å². The first kappa shape index (κ1) is 16.9.